The van der Waals surface area contributed by atoms with Gasteiger partial charge in [0.1, 0.15) is 0 Å². The molecule has 2 unspecified atom stereocenters. The summed E-state index contributed by atoms with van der Waals surface area (Å²) in [5.74, 6) is 0.720. The molecule has 0 aromatic carbocycles. The largest absolute Gasteiger partial charge is 0.326 e. The van der Waals surface area contributed by atoms with Gasteiger partial charge >= 0.3 is 0 Å². The molecule has 1 heterocycles. The zero-order valence-electron chi connectivity index (χ0n) is 9.91. The molecule has 0 spiro atoms. The summed E-state index contributed by atoms with van der Waals surface area (Å²) in [5.41, 5.74) is 6.23. The standard InChI is InChI=1S/C12H25N3/c1-2-15-7-6-10(9-15)12(13)8-14-11-4-3-5-11/h10-12,14H,2-9,13H2,1H3. The van der Waals surface area contributed by atoms with E-state index < -0.39 is 0 Å². The first-order chi connectivity index (χ1) is 7.29. The van der Waals surface area contributed by atoms with Crippen LogP contribution in [0.25, 0.3) is 0 Å². The fraction of sp³-hybridized carbons (Fsp3) is 1.00. The molecule has 0 amide bonds. The van der Waals surface area contributed by atoms with Gasteiger partial charge in [0.25, 0.3) is 0 Å². The van der Waals surface area contributed by atoms with Crippen molar-refractivity contribution < 1.29 is 0 Å². The number of nitrogens with one attached hydrogen (secondary N) is 1. The van der Waals surface area contributed by atoms with Crippen molar-refractivity contribution in [2.45, 2.75) is 44.7 Å². The lowest BCUT2D eigenvalue weighted by atomic mass is 9.92. The number of hydrogen-bond acceptors (Lipinski definition) is 3. The smallest absolute Gasteiger partial charge is 0.0206 e. The Labute approximate surface area is 93.4 Å². The Bertz CT molecular complexity index is 191. The molecule has 0 bridgehead atoms. The number of likely N-dealkylation sites (tertiary alicyclic amines) is 1. The van der Waals surface area contributed by atoms with Crippen LogP contribution in [0.3, 0.4) is 0 Å². The molecule has 3 heteroatoms. The summed E-state index contributed by atoms with van der Waals surface area (Å²) in [4.78, 5) is 2.51. The van der Waals surface area contributed by atoms with Gasteiger partial charge in [0.15, 0.2) is 0 Å². The van der Waals surface area contributed by atoms with Gasteiger partial charge in [0, 0.05) is 25.2 Å². The van der Waals surface area contributed by atoms with Crippen molar-refractivity contribution in [2.75, 3.05) is 26.2 Å². The van der Waals surface area contributed by atoms with Crippen LogP contribution in [-0.4, -0.2) is 43.2 Å². The molecular weight excluding hydrogens is 186 g/mol. The molecule has 3 nitrogen and oxygen atoms in total. The Balaban J connectivity index is 1.64. The van der Waals surface area contributed by atoms with Crippen LogP contribution in [0.4, 0.5) is 0 Å². The summed E-state index contributed by atoms with van der Waals surface area (Å²) >= 11 is 0. The van der Waals surface area contributed by atoms with E-state index in [1.807, 2.05) is 0 Å². The summed E-state index contributed by atoms with van der Waals surface area (Å²) in [6.07, 6.45) is 5.41. The molecule has 2 aliphatic rings. The molecule has 2 atom stereocenters. The average molecular weight is 211 g/mol. The Hall–Kier alpha value is -0.120. The third-order valence-electron chi connectivity index (χ3n) is 4.11. The number of hydrogen-bond donors (Lipinski definition) is 2. The fourth-order valence-corrected chi connectivity index (χ4v) is 2.58. The van der Waals surface area contributed by atoms with E-state index in [9.17, 15) is 0 Å². The van der Waals surface area contributed by atoms with Crippen LogP contribution in [0.5, 0.6) is 0 Å². The summed E-state index contributed by atoms with van der Waals surface area (Å²) in [6.45, 7) is 6.90. The maximum atomic E-state index is 6.23. The zero-order valence-corrected chi connectivity index (χ0v) is 9.91. The molecule has 1 aliphatic carbocycles. The lowest BCUT2D eigenvalue weighted by Gasteiger charge is -2.29. The van der Waals surface area contributed by atoms with Crippen molar-refractivity contribution in [3.63, 3.8) is 0 Å². The van der Waals surface area contributed by atoms with Gasteiger partial charge < -0.3 is 16.0 Å². The molecule has 1 saturated heterocycles. The van der Waals surface area contributed by atoms with Crippen molar-refractivity contribution in [3.05, 3.63) is 0 Å². The minimum absolute atomic E-state index is 0.363. The van der Waals surface area contributed by atoms with E-state index in [1.165, 1.54) is 45.3 Å². The van der Waals surface area contributed by atoms with Gasteiger partial charge in [-0.05, 0) is 38.3 Å². The van der Waals surface area contributed by atoms with Gasteiger partial charge in [0.2, 0.25) is 0 Å². The summed E-state index contributed by atoms with van der Waals surface area (Å²) in [6, 6.07) is 1.14. The lowest BCUT2D eigenvalue weighted by molar-refractivity contribution is 0.296. The van der Waals surface area contributed by atoms with Crippen LogP contribution in [0.1, 0.15) is 32.6 Å². The van der Waals surface area contributed by atoms with Crippen molar-refractivity contribution in [3.8, 4) is 0 Å². The summed E-state index contributed by atoms with van der Waals surface area (Å²) in [7, 11) is 0. The molecule has 15 heavy (non-hydrogen) atoms. The topological polar surface area (TPSA) is 41.3 Å². The van der Waals surface area contributed by atoms with E-state index in [-0.39, 0.29) is 0 Å². The van der Waals surface area contributed by atoms with Crippen LogP contribution in [0.15, 0.2) is 0 Å². The highest BCUT2D eigenvalue weighted by Gasteiger charge is 2.27. The van der Waals surface area contributed by atoms with Crippen molar-refractivity contribution in [1.29, 1.82) is 0 Å². The van der Waals surface area contributed by atoms with Crippen molar-refractivity contribution >= 4 is 0 Å². The van der Waals surface area contributed by atoms with E-state index in [2.05, 4.69) is 17.1 Å². The average Bonchev–Trinajstić information content (AvgIpc) is 2.63. The van der Waals surface area contributed by atoms with E-state index >= 15 is 0 Å². The van der Waals surface area contributed by atoms with Crippen LogP contribution < -0.4 is 11.1 Å². The Morgan fingerprint density at radius 3 is 2.73 bits per heavy atom. The second-order valence-electron chi connectivity index (χ2n) is 5.14. The molecule has 2 fully saturated rings. The second kappa shape index (κ2) is 5.28. The predicted octanol–water partition coefficient (Wildman–Crippen LogP) is 0.798. The number of nitrogens with two attached hydrogens (primary N) is 1. The fourth-order valence-electron chi connectivity index (χ4n) is 2.58. The highest BCUT2D eigenvalue weighted by Crippen LogP contribution is 2.20. The van der Waals surface area contributed by atoms with Gasteiger partial charge in [-0.2, -0.15) is 0 Å². The van der Waals surface area contributed by atoms with Crippen LogP contribution in [0.2, 0.25) is 0 Å². The molecular formula is C12H25N3. The molecule has 1 saturated carbocycles. The minimum Gasteiger partial charge on any atom is -0.326 e. The van der Waals surface area contributed by atoms with Gasteiger partial charge in [-0.1, -0.05) is 13.3 Å². The van der Waals surface area contributed by atoms with Crippen LogP contribution >= 0.6 is 0 Å². The highest BCUT2D eigenvalue weighted by atomic mass is 15.1. The van der Waals surface area contributed by atoms with Gasteiger partial charge in [-0.3, -0.25) is 0 Å². The third kappa shape index (κ3) is 2.92. The quantitative estimate of drug-likeness (QED) is 0.707. The monoisotopic (exact) mass is 211 g/mol. The first-order valence-electron chi connectivity index (χ1n) is 6.51. The zero-order chi connectivity index (χ0) is 10.7. The van der Waals surface area contributed by atoms with Crippen LogP contribution in [0, 0.1) is 5.92 Å². The molecule has 88 valence electrons. The molecule has 2 rings (SSSR count). The normalized spacial score (nSPS) is 30.4. The summed E-state index contributed by atoms with van der Waals surface area (Å²) in [5, 5.41) is 3.59. The SMILES string of the molecule is CCN1CCC(C(N)CNC2CCC2)C1. The Kier molecular flexibility index (Phi) is 4.00. The summed E-state index contributed by atoms with van der Waals surface area (Å²) < 4.78 is 0. The molecule has 3 N–H and O–H groups in total. The van der Waals surface area contributed by atoms with E-state index in [0.717, 1.165) is 18.5 Å². The molecule has 0 aromatic heterocycles. The van der Waals surface area contributed by atoms with Gasteiger partial charge in [0.05, 0.1) is 0 Å². The molecule has 0 aromatic rings. The minimum atomic E-state index is 0.363. The predicted molar refractivity (Wildman–Crippen MR) is 63.8 cm³/mol. The maximum Gasteiger partial charge on any atom is 0.0206 e. The Morgan fingerprint density at radius 2 is 2.20 bits per heavy atom. The lowest BCUT2D eigenvalue weighted by Crippen LogP contribution is -2.46. The number of rotatable bonds is 5. The number of nitrogens with zero attached hydrogens (tertiary/aromatic N) is 1. The Morgan fingerprint density at radius 1 is 1.40 bits per heavy atom. The van der Waals surface area contributed by atoms with E-state index in [1.54, 1.807) is 0 Å². The van der Waals surface area contributed by atoms with Crippen molar-refractivity contribution in [2.24, 2.45) is 11.7 Å². The van der Waals surface area contributed by atoms with Gasteiger partial charge in [-0.25, -0.2) is 0 Å². The van der Waals surface area contributed by atoms with E-state index in [0.29, 0.717) is 6.04 Å². The third-order valence-corrected chi connectivity index (χ3v) is 4.11. The maximum absolute atomic E-state index is 6.23. The molecule has 1 aliphatic heterocycles. The second-order valence-corrected chi connectivity index (χ2v) is 5.14. The highest BCUT2D eigenvalue weighted by molar-refractivity contribution is 4.86. The van der Waals surface area contributed by atoms with Gasteiger partial charge in [-0.15, -0.1) is 0 Å². The first-order valence-corrected chi connectivity index (χ1v) is 6.51. The van der Waals surface area contributed by atoms with E-state index in [4.69, 9.17) is 5.73 Å². The van der Waals surface area contributed by atoms with Crippen molar-refractivity contribution in [1.82, 2.24) is 10.2 Å². The van der Waals surface area contributed by atoms with Crippen LogP contribution in [-0.2, 0) is 0 Å². The molecule has 0 radical (unpaired) electrons. The first kappa shape index (κ1) is 11.4.